The number of rotatable bonds is 3. The Hall–Kier alpha value is -2.18. The second-order valence-corrected chi connectivity index (χ2v) is 8.59. The highest BCUT2D eigenvalue weighted by atomic mass is 32.2. The van der Waals surface area contributed by atoms with Gasteiger partial charge in [-0.25, -0.2) is 8.42 Å². The largest absolute Gasteiger partial charge is 0.337 e. The molecule has 0 spiro atoms. The van der Waals surface area contributed by atoms with Gasteiger partial charge in [-0.3, -0.25) is 4.79 Å². The summed E-state index contributed by atoms with van der Waals surface area (Å²) < 4.78 is 27.7. The van der Waals surface area contributed by atoms with E-state index in [0.717, 1.165) is 11.1 Å². The predicted molar refractivity (Wildman–Crippen MR) is 102 cm³/mol. The van der Waals surface area contributed by atoms with Crippen LogP contribution in [0, 0.1) is 13.8 Å². The molecule has 1 fully saturated rings. The minimum Gasteiger partial charge on any atom is -0.337 e. The Morgan fingerprint density at radius 1 is 0.923 bits per heavy atom. The monoisotopic (exact) mass is 372 g/mol. The third-order valence-electron chi connectivity index (χ3n) is 4.72. The number of benzene rings is 2. The highest BCUT2D eigenvalue weighted by Crippen LogP contribution is 2.22. The van der Waals surface area contributed by atoms with Crippen LogP contribution in [0.25, 0.3) is 0 Å². The predicted octanol–water partition coefficient (Wildman–Crippen LogP) is 2.84. The normalized spacial score (nSPS) is 16.3. The van der Waals surface area contributed by atoms with Crippen molar-refractivity contribution in [3.8, 4) is 0 Å². The standard InChI is InChI=1S/C20H24N2O3S/c1-16-9-10-17(2)19(15-16)26(24,25)22-12-6-11-21(13-14-22)20(23)18-7-4-3-5-8-18/h3-5,7-10,15H,6,11-14H2,1-2H3. The summed E-state index contributed by atoms with van der Waals surface area (Å²) in [4.78, 5) is 14.7. The molecular formula is C20H24N2O3S. The first-order valence-electron chi connectivity index (χ1n) is 8.81. The first-order chi connectivity index (χ1) is 12.4. The van der Waals surface area contributed by atoms with Crippen LogP contribution in [-0.4, -0.2) is 49.7 Å². The second kappa shape index (κ2) is 7.60. The van der Waals surface area contributed by atoms with Crippen molar-refractivity contribution in [2.24, 2.45) is 0 Å². The molecule has 1 aliphatic rings. The van der Waals surface area contributed by atoms with E-state index in [-0.39, 0.29) is 5.91 Å². The maximum atomic E-state index is 13.1. The van der Waals surface area contributed by atoms with E-state index in [1.807, 2.05) is 44.2 Å². The van der Waals surface area contributed by atoms with Crippen LogP contribution in [0.5, 0.6) is 0 Å². The number of nitrogens with zero attached hydrogens (tertiary/aromatic N) is 2. The Balaban J connectivity index is 1.78. The van der Waals surface area contributed by atoms with Crippen molar-refractivity contribution in [3.63, 3.8) is 0 Å². The number of amides is 1. The molecule has 0 aromatic heterocycles. The molecule has 0 saturated carbocycles. The van der Waals surface area contributed by atoms with Crippen LogP contribution in [0.1, 0.15) is 27.9 Å². The van der Waals surface area contributed by atoms with E-state index in [1.54, 1.807) is 23.1 Å². The summed E-state index contributed by atoms with van der Waals surface area (Å²) in [7, 11) is -3.56. The van der Waals surface area contributed by atoms with Crippen molar-refractivity contribution in [2.45, 2.75) is 25.2 Å². The van der Waals surface area contributed by atoms with Crippen molar-refractivity contribution in [3.05, 3.63) is 65.2 Å². The fourth-order valence-electron chi connectivity index (χ4n) is 3.22. The summed E-state index contributed by atoms with van der Waals surface area (Å²) in [5, 5.41) is 0. The van der Waals surface area contributed by atoms with Gasteiger partial charge >= 0.3 is 0 Å². The molecule has 26 heavy (non-hydrogen) atoms. The van der Waals surface area contributed by atoms with E-state index < -0.39 is 10.0 Å². The number of hydrogen-bond acceptors (Lipinski definition) is 3. The van der Waals surface area contributed by atoms with Gasteiger partial charge in [0.25, 0.3) is 5.91 Å². The fraction of sp³-hybridized carbons (Fsp3) is 0.350. The molecule has 1 heterocycles. The average molecular weight is 372 g/mol. The van der Waals surface area contributed by atoms with Gasteiger partial charge in [-0.2, -0.15) is 4.31 Å². The molecule has 138 valence electrons. The van der Waals surface area contributed by atoms with Gasteiger partial charge < -0.3 is 4.90 Å². The van der Waals surface area contributed by atoms with Crippen LogP contribution in [-0.2, 0) is 10.0 Å². The summed E-state index contributed by atoms with van der Waals surface area (Å²) in [6.07, 6.45) is 0.628. The molecule has 0 N–H and O–H groups in total. The Kier molecular flexibility index (Phi) is 5.44. The molecule has 0 atom stereocenters. The number of sulfonamides is 1. The molecule has 0 bridgehead atoms. The molecule has 1 aliphatic heterocycles. The quantitative estimate of drug-likeness (QED) is 0.832. The lowest BCUT2D eigenvalue weighted by molar-refractivity contribution is 0.0764. The Morgan fingerprint density at radius 2 is 1.65 bits per heavy atom. The van der Waals surface area contributed by atoms with Crippen molar-refractivity contribution < 1.29 is 13.2 Å². The maximum Gasteiger partial charge on any atom is 0.253 e. The Bertz CT molecular complexity index is 895. The molecule has 6 heteroatoms. The summed E-state index contributed by atoms with van der Waals surface area (Å²) in [5.74, 6) is -0.0448. The van der Waals surface area contributed by atoms with Crippen molar-refractivity contribution in [1.29, 1.82) is 0 Å². The average Bonchev–Trinajstić information content (AvgIpc) is 2.90. The molecule has 0 aliphatic carbocycles. The van der Waals surface area contributed by atoms with Crippen molar-refractivity contribution in [1.82, 2.24) is 9.21 Å². The lowest BCUT2D eigenvalue weighted by atomic mass is 10.2. The van der Waals surface area contributed by atoms with E-state index in [2.05, 4.69) is 0 Å². The Morgan fingerprint density at radius 3 is 2.38 bits per heavy atom. The van der Waals surface area contributed by atoms with Gasteiger partial charge in [0.1, 0.15) is 0 Å². The number of carbonyl (C=O) groups excluding carboxylic acids is 1. The molecule has 5 nitrogen and oxygen atoms in total. The van der Waals surface area contributed by atoms with Gasteiger partial charge in [0, 0.05) is 31.7 Å². The van der Waals surface area contributed by atoms with Gasteiger partial charge in [-0.05, 0) is 49.6 Å². The minimum atomic E-state index is -3.56. The summed E-state index contributed by atoms with van der Waals surface area (Å²) in [5.41, 5.74) is 2.31. The first kappa shape index (κ1) is 18.6. The van der Waals surface area contributed by atoms with E-state index in [4.69, 9.17) is 0 Å². The fourth-order valence-corrected chi connectivity index (χ4v) is 5.00. The van der Waals surface area contributed by atoms with E-state index in [1.165, 1.54) is 4.31 Å². The van der Waals surface area contributed by atoms with Gasteiger partial charge in [0.15, 0.2) is 0 Å². The van der Waals surface area contributed by atoms with Crippen LogP contribution in [0.2, 0.25) is 0 Å². The van der Waals surface area contributed by atoms with Gasteiger partial charge in [0.2, 0.25) is 10.0 Å². The molecule has 1 saturated heterocycles. The first-order valence-corrected chi connectivity index (χ1v) is 10.3. The molecule has 0 radical (unpaired) electrons. The van der Waals surface area contributed by atoms with Crippen LogP contribution < -0.4 is 0 Å². The topological polar surface area (TPSA) is 57.7 Å². The van der Waals surface area contributed by atoms with Crippen LogP contribution >= 0.6 is 0 Å². The lowest BCUT2D eigenvalue weighted by Crippen LogP contribution is -2.37. The second-order valence-electron chi connectivity index (χ2n) is 6.68. The SMILES string of the molecule is Cc1ccc(C)c(S(=O)(=O)N2CCCN(C(=O)c3ccccc3)CC2)c1. The summed E-state index contributed by atoms with van der Waals surface area (Å²) >= 11 is 0. The summed E-state index contributed by atoms with van der Waals surface area (Å²) in [6, 6.07) is 14.6. The van der Waals surface area contributed by atoms with E-state index >= 15 is 0 Å². The number of aryl methyl sites for hydroxylation is 2. The summed E-state index contributed by atoms with van der Waals surface area (Å²) in [6.45, 7) is 5.41. The minimum absolute atomic E-state index is 0.0448. The third-order valence-corrected chi connectivity index (χ3v) is 6.76. The zero-order valence-electron chi connectivity index (χ0n) is 15.2. The maximum absolute atomic E-state index is 13.1. The van der Waals surface area contributed by atoms with E-state index in [0.29, 0.717) is 43.1 Å². The highest BCUT2D eigenvalue weighted by molar-refractivity contribution is 7.89. The van der Waals surface area contributed by atoms with Crippen molar-refractivity contribution in [2.75, 3.05) is 26.2 Å². The number of hydrogen-bond donors (Lipinski definition) is 0. The number of carbonyl (C=O) groups is 1. The zero-order chi connectivity index (χ0) is 18.7. The molecule has 0 unspecified atom stereocenters. The third kappa shape index (κ3) is 3.81. The Labute approximate surface area is 155 Å². The van der Waals surface area contributed by atoms with Crippen LogP contribution in [0.3, 0.4) is 0 Å². The smallest absolute Gasteiger partial charge is 0.253 e. The van der Waals surface area contributed by atoms with Crippen LogP contribution in [0.4, 0.5) is 0 Å². The zero-order valence-corrected chi connectivity index (χ0v) is 16.0. The van der Waals surface area contributed by atoms with Gasteiger partial charge in [-0.1, -0.05) is 30.3 Å². The molecule has 2 aromatic carbocycles. The van der Waals surface area contributed by atoms with Gasteiger partial charge in [-0.15, -0.1) is 0 Å². The molecule has 3 rings (SSSR count). The molecular weight excluding hydrogens is 348 g/mol. The lowest BCUT2D eigenvalue weighted by Gasteiger charge is -2.23. The van der Waals surface area contributed by atoms with Gasteiger partial charge in [0.05, 0.1) is 4.90 Å². The molecule has 2 aromatic rings. The van der Waals surface area contributed by atoms with Crippen molar-refractivity contribution >= 4 is 15.9 Å². The highest BCUT2D eigenvalue weighted by Gasteiger charge is 2.29. The van der Waals surface area contributed by atoms with E-state index in [9.17, 15) is 13.2 Å². The van der Waals surface area contributed by atoms with Crippen LogP contribution in [0.15, 0.2) is 53.4 Å². The molecule has 1 amide bonds.